The predicted molar refractivity (Wildman–Crippen MR) is 245 cm³/mol. The molecule has 2 aliphatic heterocycles. The number of ether oxygens (including phenoxy) is 2. The Morgan fingerprint density at radius 1 is 0.879 bits per heavy atom. The lowest BCUT2D eigenvalue weighted by Crippen LogP contribution is -2.49. The first-order valence-corrected chi connectivity index (χ1v) is 21.8. The number of piperidine rings is 1. The van der Waals surface area contributed by atoms with Crippen molar-refractivity contribution in [3.05, 3.63) is 113 Å². The highest BCUT2D eigenvalue weighted by molar-refractivity contribution is 9.10. The smallest absolute Gasteiger partial charge is 0.410 e. The fourth-order valence-electron chi connectivity index (χ4n) is 7.52. The second-order valence-corrected chi connectivity index (χ2v) is 16.2. The first-order valence-electron chi connectivity index (χ1n) is 21.0. The van der Waals surface area contributed by atoms with Crippen LogP contribution >= 0.6 is 15.9 Å². The van der Waals surface area contributed by atoms with Crippen LogP contribution in [0.3, 0.4) is 0 Å². The number of carbonyl (C=O) groups excluding carboxylic acids is 2. The van der Waals surface area contributed by atoms with Crippen molar-refractivity contribution >= 4 is 73.4 Å². The van der Waals surface area contributed by atoms with Crippen molar-refractivity contribution < 1.29 is 27.8 Å². The maximum atomic E-state index is 14.1. The van der Waals surface area contributed by atoms with Crippen LogP contribution in [0.2, 0.25) is 0 Å². The van der Waals surface area contributed by atoms with E-state index in [1.165, 1.54) is 16.9 Å². The minimum Gasteiger partial charge on any atom is -0.457 e. The van der Waals surface area contributed by atoms with Gasteiger partial charge in [-0.1, -0.05) is 24.8 Å². The highest BCUT2D eigenvalue weighted by atomic mass is 79.9. The number of carbonyl (C=O) groups is 2. The molecule has 19 nitrogen and oxygen atoms in total. The normalized spacial score (nSPS) is 14.0. The molecule has 0 saturated carbocycles. The number of nitrogen functional groups attached to an aromatic ring is 1. The summed E-state index contributed by atoms with van der Waals surface area (Å²) in [4.78, 5) is 55.1. The van der Waals surface area contributed by atoms with Crippen LogP contribution in [-0.4, -0.2) is 117 Å². The van der Waals surface area contributed by atoms with E-state index >= 15 is 0 Å². The predicted octanol–water partition coefficient (Wildman–Crippen LogP) is 6.88. The number of hydrogen-bond acceptors (Lipinski definition) is 14. The maximum absolute atomic E-state index is 14.1. The van der Waals surface area contributed by atoms with E-state index in [9.17, 15) is 18.4 Å². The van der Waals surface area contributed by atoms with Gasteiger partial charge in [-0.05, 0) is 83.7 Å². The maximum Gasteiger partial charge on any atom is 0.410 e. The Morgan fingerprint density at radius 2 is 1.64 bits per heavy atom. The molecule has 8 aromatic rings. The third-order valence-electron chi connectivity index (χ3n) is 11.0. The number of amides is 2. The Balaban J connectivity index is 0.000000199. The molecule has 7 heterocycles. The number of rotatable bonds is 10. The number of benzene rings is 3. The van der Waals surface area contributed by atoms with Crippen molar-refractivity contribution in [3.8, 4) is 22.8 Å². The Bertz CT molecular complexity index is 3040. The van der Waals surface area contributed by atoms with Crippen LogP contribution in [0.5, 0.6) is 11.5 Å². The number of imidazole rings is 1. The largest absolute Gasteiger partial charge is 0.457 e. The Kier molecular flexibility index (Phi) is 12.6. The van der Waals surface area contributed by atoms with Crippen LogP contribution in [0.1, 0.15) is 25.1 Å². The molecular weight excluding hydrogens is 920 g/mol. The zero-order valence-electron chi connectivity index (χ0n) is 35.3. The number of aromatic nitrogens is 10. The van der Waals surface area contributed by atoms with Gasteiger partial charge in [0, 0.05) is 50.4 Å². The fourth-order valence-corrected chi connectivity index (χ4v) is 7.87. The molecule has 2 aliphatic rings. The van der Waals surface area contributed by atoms with Gasteiger partial charge in [0.1, 0.15) is 41.6 Å². The lowest BCUT2D eigenvalue weighted by atomic mass is 10.1. The SMILES string of the molecule is C=C(COC(=O)N1CCN(c2nc(NCc3nc4c(F)c(F)ccc4[nH]3)n3ncc(Br)c3n2)CC1)C(=O)N1CCCCC1.Nc1ncnc2n[nH]c(-c3ccc(Oc4ccccc4)cc3)c12. The summed E-state index contributed by atoms with van der Waals surface area (Å²) < 4.78 is 41.1. The molecule has 66 heavy (non-hydrogen) atoms. The molecule has 0 atom stereocenters. The van der Waals surface area contributed by atoms with Gasteiger partial charge >= 0.3 is 6.09 Å². The molecule has 0 spiro atoms. The summed E-state index contributed by atoms with van der Waals surface area (Å²) in [6.45, 7) is 6.83. The monoisotopic (exact) mass is 961 g/mol. The molecule has 0 aliphatic carbocycles. The van der Waals surface area contributed by atoms with Crippen LogP contribution in [0.25, 0.3) is 39.0 Å². The van der Waals surface area contributed by atoms with Crippen molar-refractivity contribution in [1.82, 2.24) is 59.5 Å². The van der Waals surface area contributed by atoms with Gasteiger partial charge in [0.25, 0.3) is 5.91 Å². The molecule has 2 fully saturated rings. The number of likely N-dealkylation sites (tertiary alicyclic amines) is 1. The number of nitrogens with two attached hydrogens (primary N) is 1. The summed E-state index contributed by atoms with van der Waals surface area (Å²) in [5.41, 5.74) is 9.30. The number of aromatic amines is 2. The molecule has 0 bridgehead atoms. The van der Waals surface area contributed by atoms with Crippen molar-refractivity contribution in [3.63, 3.8) is 0 Å². The fraction of sp³-hybridized carbons (Fsp3) is 0.250. The van der Waals surface area contributed by atoms with Crippen LogP contribution in [-0.2, 0) is 16.1 Å². The molecule has 5 aromatic heterocycles. The van der Waals surface area contributed by atoms with Gasteiger partial charge < -0.3 is 40.2 Å². The Hall–Kier alpha value is -7.75. The van der Waals surface area contributed by atoms with Crippen LogP contribution in [0, 0.1) is 11.6 Å². The number of anilines is 3. The van der Waals surface area contributed by atoms with E-state index in [4.69, 9.17) is 15.2 Å². The minimum absolute atomic E-state index is 0.0820. The van der Waals surface area contributed by atoms with Crippen molar-refractivity contribution in [2.45, 2.75) is 25.8 Å². The molecule has 2 saturated heterocycles. The topological polar surface area (TPSA) is 227 Å². The Morgan fingerprint density at radius 3 is 2.41 bits per heavy atom. The van der Waals surface area contributed by atoms with E-state index in [0.29, 0.717) is 84.1 Å². The van der Waals surface area contributed by atoms with E-state index in [1.54, 1.807) is 16.0 Å². The lowest BCUT2D eigenvalue weighted by Gasteiger charge is -2.34. The summed E-state index contributed by atoms with van der Waals surface area (Å²) in [5, 5.41) is 15.3. The van der Waals surface area contributed by atoms with E-state index in [-0.39, 0.29) is 30.1 Å². The van der Waals surface area contributed by atoms with E-state index in [0.717, 1.165) is 53.5 Å². The minimum atomic E-state index is -1.01. The summed E-state index contributed by atoms with van der Waals surface area (Å²) >= 11 is 3.47. The average Bonchev–Trinajstić information content (AvgIpc) is 4.10. The second-order valence-electron chi connectivity index (χ2n) is 15.4. The van der Waals surface area contributed by atoms with E-state index in [2.05, 4.69) is 73.0 Å². The molecule has 3 aromatic carbocycles. The van der Waals surface area contributed by atoms with E-state index < -0.39 is 17.7 Å². The van der Waals surface area contributed by atoms with Gasteiger partial charge in [-0.25, -0.2) is 28.5 Å². The number of hydrogen-bond donors (Lipinski definition) is 4. The first-order chi connectivity index (χ1) is 32.1. The molecule has 0 radical (unpaired) electrons. The quantitative estimate of drug-likeness (QED) is 0.103. The van der Waals surface area contributed by atoms with Crippen molar-refractivity contribution in [2.24, 2.45) is 0 Å². The highest BCUT2D eigenvalue weighted by Gasteiger charge is 2.27. The molecular formula is C44H42BrF2N15O4. The second kappa shape index (κ2) is 19.2. The number of nitrogens with zero attached hydrogens (tertiary/aromatic N) is 11. The molecule has 5 N–H and O–H groups in total. The van der Waals surface area contributed by atoms with Crippen molar-refractivity contribution in [2.75, 3.05) is 61.8 Å². The molecule has 0 unspecified atom stereocenters. The summed E-state index contributed by atoms with van der Waals surface area (Å²) in [6.07, 6.45) is 5.55. The molecule has 22 heteroatoms. The molecule has 2 amide bonds. The van der Waals surface area contributed by atoms with Gasteiger partial charge in [0.2, 0.25) is 11.9 Å². The first kappa shape index (κ1) is 43.5. The number of H-pyrrole nitrogens is 2. The van der Waals surface area contributed by atoms with Gasteiger partial charge in [-0.15, -0.1) is 0 Å². The van der Waals surface area contributed by atoms with Crippen LogP contribution < -0.4 is 20.7 Å². The Labute approximate surface area is 383 Å². The summed E-state index contributed by atoms with van der Waals surface area (Å²) in [5.74, 6) is 0.971. The van der Waals surface area contributed by atoms with Gasteiger partial charge in [-0.2, -0.15) is 24.7 Å². The van der Waals surface area contributed by atoms with Crippen LogP contribution in [0.4, 0.5) is 31.3 Å². The third-order valence-corrected chi connectivity index (χ3v) is 11.5. The van der Waals surface area contributed by atoms with Gasteiger partial charge in [0.15, 0.2) is 22.9 Å². The van der Waals surface area contributed by atoms with E-state index in [1.807, 2.05) is 59.5 Å². The number of piperazine rings is 1. The zero-order valence-corrected chi connectivity index (χ0v) is 36.8. The lowest BCUT2D eigenvalue weighted by molar-refractivity contribution is -0.128. The van der Waals surface area contributed by atoms with Crippen molar-refractivity contribution in [1.29, 1.82) is 0 Å². The number of fused-ring (bicyclic) bond motifs is 3. The summed E-state index contributed by atoms with van der Waals surface area (Å²) in [6, 6.07) is 19.8. The van der Waals surface area contributed by atoms with Crippen LogP contribution in [0.15, 0.2) is 95.9 Å². The number of halogens is 3. The molecule has 10 rings (SSSR count). The zero-order chi connectivity index (χ0) is 45.7. The van der Waals surface area contributed by atoms with Gasteiger partial charge in [0.05, 0.1) is 33.8 Å². The third kappa shape index (κ3) is 9.39. The number of nitrogens with one attached hydrogen (secondary N) is 3. The summed E-state index contributed by atoms with van der Waals surface area (Å²) in [7, 11) is 0. The highest BCUT2D eigenvalue weighted by Crippen LogP contribution is 2.31. The standard InChI is InChI=1S/C27H29BrF2N10O3.C17H13N5O/c1-16(24(41)37-7-3-2-4-8-37)15-43-27(42)39-11-9-38(10-12-39)26-35-23-17(28)13-32-40(23)25(36-26)31-14-20-33-19-6-5-18(29)21(30)22(19)34-20;18-16-14-15(21-22-17(14)20-10-19-16)11-6-8-13(9-7-11)23-12-4-2-1-3-5-12/h5-6,13H,1-4,7-12,14-15H2,(H,33,34)(H,31,35,36);1-10H,(H3,18,19,20,21,22). The number of para-hydroxylation sites is 1. The molecule has 338 valence electrons. The van der Waals surface area contributed by atoms with Gasteiger partial charge in [-0.3, -0.25) is 9.89 Å². The average molecular weight is 963 g/mol.